The molecule has 0 bridgehead atoms. The molecule has 0 rings (SSSR count). The number of rotatable bonds is 52. The zero-order valence-electron chi connectivity index (χ0n) is 57.3. The number of carboxylic acid groups (broad SMARTS) is 1. The number of alkyl halides is 81. The van der Waals surface area contributed by atoms with Gasteiger partial charge in [0.2, 0.25) is 0 Å². The highest BCUT2D eigenvalue weighted by molar-refractivity contribution is 5.73. The van der Waals surface area contributed by atoms with Crippen LogP contribution in [0, 0.1) is 0 Å². The van der Waals surface area contributed by atoms with Crippen LogP contribution < -0.4 is 0 Å². The van der Waals surface area contributed by atoms with Crippen molar-refractivity contribution < 1.29 is 427 Å². The molecule has 0 saturated carbocycles. The van der Waals surface area contributed by atoms with E-state index in [0.717, 1.165) is 0 Å². The fourth-order valence-electron chi connectivity index (χ4n) is 5.94. The molecule has 0 saturated heterocycles. The molecule has 15 nitrogen and oxygen atoms in total. The number of hydrogen-bond donors (Lipinski definition) is 1. The first-order valence-corrected chi connectivity index (χ1v) is 27.8. The Kier molecular flexibility index (Phi) is 32.6. The van der Waals surface area contributed by atoms with Crippen molar-refractivity contribution in [3.05, 3.63) is 0 Å². The van der Waals surface area contributed by atoms with E-state index in [-0.39, 0.29) is 0 Å². The van der Waals surface area contributed by atoms with Gasteiger partial charge in [-0.15, -0.1) is 0 Å². The van der Waals surface area contributed by atoms with Gasteiger partial charge in [0.25, 0.3) is 0 Å². The summed E-state index contributed by atoms with van der Waals surface area (Å²) in [6, 6.07) is 0. The second kappa shape index (κ2) is 34.2. The number of aliphatic carboxylic acids is 1. The predicted octanol–water partition coefficient (Wildman–Crippen LogP) is 24.5. The Hall–Kier alpha value is -6.72. The first-order valence-electron chi connectivity index (χ1n) is 27.8. The quantitative estimate of drug-likeness (QED) is 0.0573. The van der Waals surface area contributed by atoms with Crippen LogP contribution >= 0.6 is 0 Å². The van der Waals surface area contributed by atoms with E-state index in [1.807, 2.05) is 0 Å². The normalized spacial score (nSPS) is 17.1. The zero-order valence-corrected chi connectivity index (χ0v) is 57.3. The van der Waals surface area contributed by atoms with Gasteiger partial charge in [0.1, 0.15) is 0 Å². The molecule has 0 fully saturated rings. The summed E-state index contributed by atoms with van der Waals surface area (Å²) < 4.78 is 1120. The van der Waals surface area contributed by atoms with E-state index in [1.54, 1.807) is 0 Å². The minimum absolute atomic E-state index is 0.347. The summed E-state index contributed by atoms with van der Waals surface area (Å²) >= 11 is 0. The monoisotopic (exact) mass is 2270 g/mol. The molecule has 0 aliphatic rings. The summed E-state index contributed by atoms with van der Waals surface area (Å²) in [5, 5.41) is 7.76. The summed E-state index contributed by atoms with van der Waals surface area (Å²) in [6.07, 6.45) is -253. The van der Waals surface area contributed by atoms with Gasteiger partial charge >= 0.3 is 248 Å². The lowest BCUT2D eigenvalue weighted by molar-refractivity contribution is -0.578. The van der Waals surface area contributed by atoms with E-state index in [0.29, 0.717) is 56.8 Å². The molecule has 0 atom stereocenters. The lowest BCUT2D eigenvalue weighted by atomic mass is 10.2. The molecule has 1 N–H and O–H groups in total. The van der Waals surface area contributed by atoms with Crippen molar-refractivity contribution in [1.29, 1.82) is 0 Å². The Balaban J connectivity index is 7.37. The van der Waals surface area contributed by atoms with Crippen LogP contribution in [0.15, 0.2) is 0 Å². The van der Waals surface area contributed by atoms with Gasteiger partial charge in [0.15, 0.2) is 0 Å². The third-order valence-electron chi connectivity index (χ3n) is 13.1. The first kappa shape index (κ1) is 130. The van der Waals surface area contributed by atoms with E-state index in [2.05, 4.69) is 0 Å². The number of ether oxygens (including phenoxy) is 13. The molecule has 0 radical (unpaired) electrons. The van der Waals surface area contributed by atoms with Crippen LogP contribution in [0.2, 0.25) is 0 Å². The molecule has 0 aliphatic carbocycles. The van der Waals surface area contributed by atoms with Gasteiger partial charge in [-0.05, 0) is 0 Å². The van der Waals surface area contributed by atoms with E-state index < -0.39 is 248 Å². The van der Waals surface area contributed by atoms with Gasteiger partial charge in [-0.25, -0.2) is 66.4 Å². The Morgan fingerprint density at radius 1 is 0.109 bits per heavy atom. The number of carbonyl (C=O) groups is 1. The second-order valence-electron chi connectivity index (χ2n) is 23.0. The van der Waals surface area contributed by atoms with Gasteiger partial charge in [0, 0.05) is 0 Å². The maximum atomic E-state index is 14.1. The van der Waals surface area contributed by atoms with Crippen molar-refractivity contribution in [3.63, 3.8) is 0 Å². The molecular formula is C41HF81O15. The molecular weight excluding hydrogens is 2270 g/mol. The SMILES string of the molecule is O=C(O)C(F)(F)OC(F)(F)C(F)(F)C(F)(F)OC(F)(F)C(F)(F)C(F)(F)OC(F)(F)C(F)(F)C(F)(F)OC(F)(F)C(F)(F)C(F)(F)OC(F)(F)C(F)(F)C(F)(F)OC(F)(F)C(F)(F)C(F)(F)OC(F)(F)C(F)(F)C(F)(F)OC(F)(F)C(F)(F)C(F)(F)OC(F)(F)C(F)(F)C(F)(F)OC(F)(F)C(F)(F)C(F)(F)OC(F)(F)C(F)(F)C(F)(F)OC(F)(F)C(F)(F)C(F)(F)OC(F)(F)C(F)(F)C(F)(F)F. The van der Waals surface area contributed by atoms with Crippen LogP contribution in [-0.2, 0) is 66.4 Å². The standard InChI is InChI=1S/C41HF81O15/c42-2(43,1(123)124)125-18(75,76)4(46,47)19(77,78)127-22(83,84)6(50,51)23(85,86)129-26(91,92)8(54,55)27(93,94)131-30(99,100)10(58,59)31(101,102)133-34(107,108)12(62,63)35(109,110)135-38(115,116)14(66,67)39(117,118)137-41(121,122)15(68,69)40(119,120)136-37(113,114)13(64,65)36(111,112)134-33(105,106)11(60,61)32(103,104)132-29(97,98)9(56,57)28(95,96)130-25(89,90)7(52,53)24(87,88)128-21(81,82)5(48,49)20(79,80)126-17(73,74)3(44,45)16(70,71)72/h(H,123,124). The van der Waals surface area contributed by atoms with Crippen LogP contribution in [0.5, 0.6) is 0 Å². The van der Waals surface area contributed by atoms with Crippen molar-refractivity contribution in [2.45, 2.75) is 242 Å². The van der Waals surface area contributed by atoms with Gasteiger partial charge in [-0.2, -0.15) is 356 Å². The van der Waals surface area contributed by atoms with Crippen LogP contribution in [0.1, 0.15) is 0 Å². The van der Waals surface area contributed by atoms with Crippen LogP contribution in [0.4, 0.5) is 356 Å². The Morgan fingerprint density at radius 3 is 0.226 bits per heavy atom. The summed E-state index contributed by atoms with van der Waals surface area (Å²) in [7, 11) is 0. The smallest absolute Gasteiger partial charge is 0.462 e. The average molecular weight is 2270 g/mol. The number of hydrogen-bond acceptors (Lipinski definition) is 14. The van der Waals surface area contributed by atoms with Gasteiger partial charge < -0.3 is 5.11 Å². The minimum atomic E-state index is -10.0. The highest BCUT2D eigenvalue weighted by atomic mass is 19.5. The first-order chi connectivity index (χ1) is 57.6. The third kappa shape index (κ3) is 21.6. The van der Waals surface area contributed by atoms with Crippen LogP contribution in [0.3, 0.4) is 0 Å². The van der Waals surface area contributed by atoms with Crippen molar-refractivity contribution in [3.8, 4) is 0 Å². The third-order valence-corrected chi connectivity index (χ3v) is 13.1. The molecule has 0 heterocycles. The zero-order chi connectivity index (χ0) is 113. The molecule has 0 aromatic carbocycles. The molecule has 0 unspecified atom stereocenters. The lowest BCUT2D eigenvalue weighted by Crippen LogP contribution is -2.69. The fourth-order valence-corrected chi connectivity index (χ4v) is 5.94. The Morgan fingerprint density at radius 2 is 0.168 bits per heavy atom. The van der Waals surface area contributed by atoms with Gasteiger partial charge in [0.05, 0.1) is 0 Å². The summed E-state index contributed by atoms with van der Waals surface area (Å²) in [4.78, 5) is 10.00. The van der Waals surface area contributed by atoms with Crippen molar-refractivity contribution >= 4 is 5.97 Å². The summed E-state index contributed by atoms with van der Waals surface area (Å²) in [5.74, 6) is -129. The lowest BCUT2D eigenvalue weighted by Gasteiger charge is -2.41. The molecule has 0 spiro atoms. The molecule has 0 aromatic rings. The van der Waals surface area contributed by atoms with Crippen LogP contribution in [0.25, 0.3) is 0 Å². The van der Waals surface area contributed by atoms with Crippen molar-refractivity contribution in [1.82, 2.24) is 0 Å². The topological polar surface area (TPSA) is 157 Å². The van der Waals surface area contributed by atoms with E-state index >= 15 is 0 Å². The maximum absolute atomic E-state index is 14.1. The van der Waals surface area contributed by atoms with Gasteiger partial charge in [-0.3, -0.25) is 0 Å². The fraction of sp³-hybridized carbons (Fsp3) is 0.976. The highest BCUT2D eigenvalue weighted by Gasteiger charge is 2.96. The molecule has 0 aliphatic heterocycles. The molecule has 0 amide bonds. The Labute approximate surface area is 676 Å². The van der Waals surface area contributed by atoms with E-state index in [9.17, 15) is 360 Å². The average Bonchev–Trinajstić information content (AvgIpc) is 0.720. The van der Waals surface area contributed by atoms with E-state index in [1.165, 1.54) is 4.74 Å². The maximum Gasteiger partial charge on any atom is 0.462 e. The summed E-state index contributed by atoms with van der Waals surface area (Å²) in [6.45, 7) is 0. The predicted molar refractivity (Wildman–Crippen MR) is 221 cm³/mol. The number of carboxylic acids is 1. The highest BCUT2D eigenvalue weighted by Crippen LogP contribution is 2.68. The molecule has 96 heteroatoms. The Bertz CT molecular complexity index is 4010. The minimum Gasteiger partial charge on any atom is -0.475 e. The van der Waals surface area contributed by atoms with Gasteiger partial charge in [-0.1, -0.05) is 0 Å². The van der Waals surface area contributed by atoms with Crippen molar-refractivity contribution in [2.24, 2.45) is 0 Å². The molecule has 822 valence electrons. The summed E-state index contributed by atoms with van der Waals surface area (Å²) in [5.41, 5.74) is 0. The molecule has 0 aromatic heterocycles. The van der Waals surface area contributed by atoms with Crippen molar-refractivity contribution in [2.75, 3.05) is 0 Å². The largest absolute Gasteiger partial charge is 0.475 e. The molecule has 137 heavy (non-hydrogen) atoms. The van der Waals surface area contributed by atoms with E-state index in [4.69, 9.17) is 5.11 Å². The second-order valence-corrected chi connectivity index (χ2v) is 23.0. The van der Waals surface area contributed by atoms with Crippen LogP contribution in [-0.4, -0.2) is 253 Å². The number of halogens is 81.